The summed E-state index contributed by atoms with van der Waals surface area (Å²) in [5, 5.41) is 13.0. The van der Waals surface area contributed by atoms with E-state index in [0.717, 1.165) is 41.7 Å². The second kappa shape index (κ2) is 8.73. The lowest BCUT2D eigenvalue weighted by Gasteiger charge is -2.17. The topological polar surface area (TPSA) is 78.9 Å². The molecule has 1 aromatic heterocycles. The van der Waals surface area contributed by atoms with Crippen LogP contribution in [0.15, 0.2) is 59.5 Å². The van der Waals surface area contributed by atoms with Crippen molar-refractivity contribution in [3.8, 4) is 6.07 Å². The first-order chi connectivity index (χ1) is 14.2. The zero-order valence-corrected chi connectivity index (χ0v) is 17.5. The zero-order chi connectivity index (χ0) is 20.2. The highest BCUT2D eigenvalue weighted by Gasteiger charge is 2.26. The van der Waals surface area contributed by atoms with Gasteiger partial charge in [-0.25, -0.2) is 0 Å². The average molecular weight is 420 g/mol. The highest BCUT2D eigenvalue weighted by atomic mass is 32.2. The number of thioether (sulfide) groups is 1. The molecule has 0 bridgehead atoms. The molecule has 2 aromatic carbocycles. The van der Waals surface area contributed by atoms with Crippen LogP contribution in [0.4, 0.5) is 10.7 Å². The fourth-order valence-corrected chi connectivity index (χ4v) is 5.91. The van der Waals surface area contributed by atoms with Crippen LogP contribution in [0, 0.1) is 11.3 Å². The lowest BCUT2D eigenvalue weighted by molar-refractivity contribution is -0.115. The quantitative estimate of drug-likeness (QED) is 0.420. The number of fused-ring (bicyclic) bond motifs is 1. The summed E-state index contributed by atoms with van der Waals surface area (Å²) in [7, 11) is 0. The Hall–Kier alpha value is -2.75. The Morgan fingerprint density at radius 2 is 1.93 bits per heavy atom. The molecule has 3 N–H and O–H groups in total. The molecular formula is C23H21N3OS2. The largest absolute Gasteiger partial charge is 0.399 e. The average Bonchev–Trinajstić information content (AvgIpc) is 3.09. The molecule has 0 spiro atoms. The van der Waals surface area contributed by atoms with Gasteiger partial charge in [-0.3, -0.25) is 4.79 Å². The second-order valence-corrected chi connectivity index (χ2v) is 9.28. The van der Waals surface area contributed by atoms with Gasteiger partial charge in [-0.1, -0.05) is 36.4 Å². The van der Waals surface area contributed by atoms with Crippen molar-refractivity contribution in [1.82, 2.24) is 0 Å². The molecule has 29 heavy (non-hydrogen) atoms. The summed E-state index contributed by atoms with van der Waals surface area (Å²) in [6.07, 6.45) is 4.16. The molecule has 1 unspecified atom stereocenters. The van der Waals surface area contributed by atoms with E-state index in [2.05, 4.69) is 11.4 Å². The summed E-state index contributed by atoms with van der Waals surface area (Å²) < 4.78 is 0. The van der Waals surface area contributed by atoms with Crippen LogP contribution < -0.4 is 11.1 Å². The number of benzene rings is 2. The van der Waals surface area contributed by atoms with E-state index >= 15 is 0 Å². The maximum absolute atomic E-state index is 13.3. The summed E-state index contributed by atoms with van der Waals surface area (Å²) in [5.41, 5.74) is 9.26. The van der Waals surface area contributed by atoms with Crippen LogP contribution in [0.2, 0.25) is 0 Å². The molecule has 3 aromatic rings. The monoisotopic (exact) mass is 419 g/mol. The predicted octanol–water partition coefficient (Wildman–Crippen LogP) is 5.55. The molecule has 0 fully saturated rings. The highest BCUT2D eigenvalue weighted by molar-refractivity contribution is 8.00. The number of hydrogen-bond donors (Lipinski definition) is 2. The molecular weight excluding hydrogens is 398 g/mol. The van der Waals surface area contributed by atoms with E-state index in [-0.39, 0.29) is 5.91 Å². The number of nitrogens with zero attached hydrogens (tertiary/aromatic N) is 1. The normalized spacial score (nSPS) is 13.9. The summed E-state index contributed by atoms with van der Waals surface area (Å²) >= 11 is 3.01. The molecule has 4 nitrogen and oxygen atoms in total. The standard InChI is InChI=1S/C23H21N3OS2/c24-14-19-18-11-4-5-12-20(18)29-23(19)26-22(27)21(15-7-2-1-3-8-15)28-17-10-6-9-16(25)13-17/h1-3,6-10,13,21H,4-5,11-12,25H2,(H,26,27). The number of aryl methyl sites for hydroxylation is 1. The van der Waals surface area contributed by atoms with Crippen LogP contribution in [-0.2, 0) is 17.6 Å². The van der Waals surface area contributed by atoms with Crippen LogP contribution in [0.3, 0.4) is 0 Å². The number of anilines is 2. The van der Waals surface area contributed by atoms with Crippen LogP contribution in [-0.4, -0.2) is 5.91 Å². The maximum atomic E-state index is 13.3. The Balaban J connectivity index is 1.64. The molecule has 0 saturated carbocycles. The first-order valence-corrected chi connectivity index (χ1v) is 11.3. The van der Waals surface area contributed by atoms with Crippen LogP contribution >= 0.6 is 23.1 Å². The zero-order valence-electron chi connectivity index (χ0n) is 15.9. The van der Waals surface area contributed by atoms with E-state index in [1.54, 1.807) is 11.3 Å². The highest BCUT2D eigenvalue weighted by Crippen LogP contribution is 2.40. The van der Waals surface area contributed by atoms with E-state index in [1.807, 2.05) is 54.6 Å². The number of thiophene rings is 1. The number of hydrogen-bond acceptors (Lipinski definition) is 5. The lowest BCUT2D eigenvalue weighted by Crippen LogP contribution is -2.19. The Kier molecular flexibility index (Phi) is 5.89. The van der Waals surface area contributed by atoms with E-state index in [9.17, 15) is 10.1 Å². The van der Waals surface area contributed by atoms with Crippen molar-refractivity contribution in [3.63, 3.8) is 0 Å². The van der Waals surface area contributed by atoms with Gasteiger partial charge in [-0.2, -0.15) is 5.26 Å². The second-order valence-electron chi connectivity index (χ2n) is 7.00. The lowest BCUT2D eigenvalue weighted by atomic mass is 9.96. The fourth-order valence-electron chi connectivity index (χ4n) is 3.57. The van der Waals surface area contributed by atoms with E-state index in [1.165, 1.54) is 16.6 Å². The number of amides is 1. The van der Waals surface area contributed by atoms with Crippen molar-refractivity contribution >= 4 is 39.7 Å². The molecule has 6 heteroatoms. The van der Waals surface area contributed by atoms with Crippen LogP contribution in [0.5, 0.6) is 0 Å². The number of carbonyl (C=O) groups excluding carboxylic acids is 1. The molecule has 0 saturated heterocycles. The number of nitrogens with two attached hydrogens (primary N) is 1. The predicted molar refractivity (Wildman–Crippen MR) is 120 cm³/mol. The van der Waals surface area contributed by atoms with Gasteiger partial charge in [-0.15, -0.1) is 23.1 Å². The van der Waals surface area contributed by atoms with Crippen molar-refractivity contribution in [2.24, 2.45) is 0 Å². The molecule has 1 aliphatic rings. The van der Waals surface area contributed by atoms with E-state index in [0.29, 0.717) is 16.3 Å². The number of nitriles is 1. The van der Waals surface area contributed by atoms with Gasteiger partial charge >= 0.3 is 0 Å². The minimum Gasteiger partial charge on any atom is -0.399 e. The van der Waals surface area contributed by atoms with Gasteiger partial charge in [0.1, 0.15) is 16.3 Å². The Labute approximate surface area is 178 Å². The summed E-state index contributed by atoms with van der Waals surface area (Å²) in [6.45, 7) is 0. The van der Waals surface area contributed by atoms with Gasteiger partial charge in [0.05, 0.1) is 5.56 Å². The number of nitrogen functional groups attached to an aromatic ring is 1. The van der Waals surface area contributed by atoms with E-state index < -0.39 is 5.25 Å². The number of nitrogens with one attached hydrogen (secondary N) is 1. The van der Waals surface area contributed by atoms with Crippen molar-refractivity contribution in [2.75, 3.05) is 11.1 Å². The molecule has 1 amide bonds. The van der Waals surface area contributed by atoms with E-state index in [4.69, 9.17) is 5.73 Å². The van der Waals surface area contributed by atoms with Gasteiger partial charge in [0, 0.05) is 15.5 Å². The third-order valence-electron chi connectivity index (χ3n) is 4.97. The van der Waals surface area contributed by atoms with Gasteiger partial charge in [0.25, 0.3) is 0 Å². The Morgan fingerprint density at radius 1 is 1.14 bits per heavy atom. The molecule has 1 aliphatic carbocycles. The number of rotatable bonds is 5. The Bertz CT molecular complexity index is 1070. The van der Waals surface area contributed by atoms with Gasteiger partial charge in [-0.05, 0) is 55.0 Å². The van der Waals surface area contributed by atoms with Gasteiger partial charge < -0.3 is 11.1 Å². The van der Waals surface area contributed by atoms with Crippen molar-refractivity contribution < 1.29 is 4.79 Å². The first-order valence-electron chi connectivity index (χ1n) is 9.58. The van der Waals surface area contributed by atoms with Crippen LogP contribution in [0.25, 0.3) is 0 Å². The minimum atomic E-state index is -0.441. The summed E-state index contributed by atoms with van der Waals surface area (Å²) in [5.74, 6) is -0.126. The molecule has 0 aliphatic heterocycles. The molecule has 1 atom stereocenters. The van der Waals surface area contributed by atoms with Gasteiger partial charge in [0.2, 0.25) is 5.91 Å². The summed E-state index contributed by atoms with van der Waals surface area (Å²) in [4.78, 5) is 15.5. The maximum Gasteiger partial charge on any atom is 0.243 e. The Morgan fingerprint density at radius 3 is 2.69 bits per heavy atom. The SMILES string of the molecule is N#Cc1c(NC(=O)C(Sc2cccc(N)c2)c2ccccc2)sc2c1CCCC2. The fraction of sp³-hybridized carbons (Fsp3) is 0.217. The van der Waals surface area contributed by atoms with Gasteiger partial charge in [0.15, 0.2) is 0 Å². The molecule has 4 rings (SSSR count). The van der Waals surface area contributed by atoms with Crippen molar-refractivity contribution in [3.05, 3.63) is 76.2 Å². The third-order valence-corrected chi connectivity index (χ3v) is 7.43. The number of carbonyl (C=O) groups is 1. The minimum absolute atomic E-state index is 0.126. The smallest absolute Gasteiger partial charge is 0.243 e. The third kappa shape index (κ3) is 4.31. The van der Waals surface area contributed by atoms with Crippen molar-refractivity contribution in [1.29, 1.82) is 5.26 Å². The van der Waals surface area contributed by atoms with Crippen LogP contribution in [0.1, 0.15) is 39.7 Å². The molecule has 146 valence electrons. The first kappa shape index (κ1) is 19.6. The summed E-state index contributed by atoms with van der Waals surface area (Å²) in [6, 6.07) is 19.6. The molecule has 0 radical (unpaired) electrons. The van der Waals surface area contributed by atoms with Crippen molar-refractivity contribution in [2.45, 2.75) is 35.8 Å². The molecule has 1 heterocycles.